The second kappa shape index (κ2) is 7.03. The number of urea groups is 1. The molecule has 3 N–H and O–H groups in total. The number of rotatable bonds is 6. The van der Waals surface area contributed by atoms with E-state index >= 15 is 0 Å². The summed E-state index contributed by atoms with van der Waals surface area (Å²) in [6.45, 7) is 4.86. The molecule has 3 amide bonds. The van der Waals surface area contributed by atoms with Crippen LogP contribution in [0.15, 0.2) is 18.2 Å². The number of carbonyl (C=O) groups is 2. The van der Waals surface area contributed by atoms with Gasteiger partial charge in [0.1, 0.15) is 5.82 Å². The van der Waals surface area contributed by atoms with Gasteiger partial charge >= 0.3 is 6.03 Å². The molecule has 0 radical (unpaired) electrons. The van der Waals surface area contributed by atoms with E-state index in [0.717, 1.165) is 6.54 Å². The summed E-state index contributed by atoms with van der Waals surface area (Å²) in [5.74, 6) is -1.08. The molecular formula is C14H19FN4O2. The number of amides is 3. The predicted molar refractivity (Wildman–Crippen MR) is 78.0 cm³/mol. The lowest BCUT2D eigenvalue weighted by Crippen LogP contribution is -2.32. The van der Waals surface area contributed by atoms with Crippen molar-refractivity contribution in [2.75, 3.05) is 37.6 Å². The normalized spacial score (nSPS) is 14.2. The Kier molecular flexibility index (Phi) is 5.10. The van der Waals surface area contributed by atoms with Crippen LogP contribution in [0, 0.1) is 5.82 Å². The van der Waals surface area contributed by atoms with E-state index in [-0.39, 0.29) is 11.6 Å². The van der Waals surface area contributed by atoms with Gasteiger partial charge in [-0.1, -0.05) is 6.92 Å². The monoisotopic (exact) mass is 294 g/mol. The van der Waals surface area contributed by atoms with Gasteiger partial charge in [0.05, 0.1) is 5.56 Å². The maximum atomic E-state index is 13.8. The number of hydrogen-bond donors (Lipinski definition) is 3. The van der Waals surface area contributed by atoms with Gasteiger partial charge in [-0.3, -0.25) is 9.69 Å². The maximum Gasteiger partial charge on any atom is 0.321 e. The first kappa shape index (κ1) is 15.2. The van der Waals surface area contributed by atoms with E-state index < -0.39 is 11.7 Å². The Morgan fingerprint density at radius 2 is 2.24 bits per heavy atom. The van der Waals surface area contributed by atoms with Crippen molar-refractivity contribution in [3.8, 4) is 0 Å². The Morgan fingerprint density at radius 1 is 1.43 bits per heavy atom. The number of hydrogen-bond acceptors (Lipinski definition) is 3. The van der Waals surface area contributed by atoms with Crippen LogP contribution in [-0.4, -0.2) is 44.7 Å². The topological polar surface area (TPSA) is 73.5 Å². The molecule has 1 fully saturated rings. The molecule has 1 aromatic carbocycles. The quantitative estimate of drug-likeness (QED) is 0.676. The summed E-state index contributed by atoms with van der Waals surface area (Å²) in [6, 6.07) is 3.87. The largest absolute Gasteiger partial charge is 0.351 e. The fourth-order valence-corrected chi connectivity index (χ4v) is 2.11. The Morgan fingerprint density at radius 3 is 2.90 bits per heavy atom. The third-order valence-corrected chi connectivity index (χ3v) is 3.20. The summed E-state index contributed by atoms with van der Waals surface area (Å²) in [5, 5.41) is 8.37. The van der Waals surface area contributed by atoms with Crippen LogP contribution in [0.2, 0.25) is 0 Å². The minimum Gasteiger partial charge on any atom is -0.351 e. The van der Waals surface area contributed by atoms with Gasteiger partial charge in [-0.15, -0.1) is 0 Å². The number of likely N-dealkylation sites (N-methyl/N-ethyl adjacent to an activating group) is 1. The summed E-state index contributed by atoms with van der Waals surface area (Å²) >= 11 is 0. The highest BCUT2D eigenvalue weighted by molar-refractivity contribution is 5.98. The molecule has 0 aromatic heterocycles. The van der Waals surface area contributed by atoms with Crippen molar-refractivity contribution in [3.63, 3.8) is 0 Å². The first-order chi connectivity index (χ1) is 10.1. The van der Waals surface area contributed by atoms with Gasteiger partial charge in [0, 0.05) is 31.9 Å². The second-order valence-electron chi connectivity index (χ2n) is 4.66. The van der Waals surface area contributed by atoms with Crippen molar-refractivity contribution in [1.29, 1.82) is 0 Å². The van der Waals surface area contributed by atoms with Crippen molar-refractivity contribution in [3.05, 3.63) is 29.6 Å². The van der Waals surface area contributed by atoms with E-state index in [1.54, 1.807) is 0 Å². The minimum absolute atomic E-state index is 0.0521. The molecule has 0 aliphatic carbocycles. The lowest BCUT2D eigenvalue weighted by Gasteiger charge is -2.15. The molecule has 1 aliphatic heterocycles. The van der Waals surface area contributed by atoms with E-state index in [9.17, 15) is 14.0 Å². The van der Waals surface area contributed by atoms with E-state index in [2.05, 4.69) is 16.0 Å². The summed E-state index contributed by atoms with van der Waals surface area (Å²) in [6.07, 6.45) is 0. The standard InChI is InChI=1S/C14H19FN4O2/c1-2-16-5-6-17-13(20)11-9-10(3-4-12(11)15)19-8-7-18-14(19)21/h3-4,9,16H,2,5-8H2,1H3,(H,17,20)(H,18,21). The molecule has 1 aliphatic rings. The van der Waals surface area contributed by atoms with Crippen molar-refractivity contribution in [2.45, 2.75) is 6.92 Å². The molecule has 1 saturated heterocycles. The number of anilines is 1. The molecule has 0 spiro atoms. The van der Waals surface area contributed by atoms with Gasteiger partial charge in [0.15, 0.2) is 0 Å². The average molecular weight is 294 g/mol. The molecule has 2 rings (SSSR count). The molecule has 7 heteroatoms. The molecule has 6 nitrogen and oxygen atoms in total. The smallest absolute Gasteiger partial charge is 0.321 e. The zero-order valence-electron chi connectivity index (χ0n) is 11.9. The SMILES string of the molecule is CCNCCNC(=O)c1cc(N2CCNC2=O)ccc1F. The van der Waals surface area contributed by atoms with Crippen LogP contribution in [0.1, 0.15) is 17.3 Å². The van der Waals surface area contributed by atoms with E-state index in [1.165, 1.54) is 23.1 Å². The number of carbonyl (C=O) groups excluding carboxylic acids is 2. The van der Waals surface area contributed by atoms with Gasteiger partial charge in [-0.2, -0.15) is 0 Å². The third kappa shape index (κ3) is 3.69. The van der Waals surface area contributed by atoms with Gasteiger partial charge in [-0.05, 0) is 24.7 Å². The Balaban J connectivity index is 2.08. The maximum absolute atomic E-state index is 13.8. The molecule has 0 atom stereocenters. The summed E-state index contributed by atoms with van der Waals surface area (Å²) in [5.41, 5.74) is 0.465. The first-order valence-electron chi connectivity index (χ1n) is 6.97. The molecule has 0 bridgehead atoms. The second-order valence-corrected chi connectivity index (χ2v) is 4.66. The molecular weight excluding hydrogens is 275 g/mol. The van der Waals surface area contributed by atoms with Crippen molar-refractivity contribution < 1.29 is 14.0 Å². The van der Waals surface area contributed by atoms with Crippen molar-refractivity contribution >= 4 is 17.6 Å². The highest BCUT2D eigenvalue weighted by atomic mass is 19.1. The fourth-order valence-electron chi connectivity index (χ4n) is 2.11. The zero-order valence-corrected chi connectivity index (χ0v) is 11.9. The lowest BCUT2D eigenvalue weighted by molar-refractivity contribution is 0.0950. The van der Waals surface area contributed by atoms with Crippen LogP contribution >= 0.6 is 0 Å². The number of benzene rings is 1. The highest BCUT2D eigenvalue weighted by Gasteiger charge is 2.23. The first-order valence-corrected chi connectivity index (χ1v) is 6.97. The fraction of sp³-hybridized carbons (Fsp3) is 0.429. The number of halogens is 1. The van der Waals surface area contributed by atoms with E-state index in [0.29, 0.717) is 31.9 Å². The summed E-state index contributed by atoms with van der Waals surface area (Å²) < 4.78 is 13.8. The van der Waals surface area contributed by atoms with Gasteiger partial charge in [0.25, 0.3) is 5.91 Å². The van der Waals surface area contributed by atoms with Crippen LogP contribution < -0.4 is 20.9 Å². The molecule has 0 saturated carbocycles. The van der Waals surface area contributed by atoms with Crippen LogP contribution in [0.5, 0.6) is 0 Å². The average Bonchev–Trinajstić information content (AvgIpc) is 2.90. The molecule has 1 heterocycles. The van der Waals surface area contributed by atoms with E-state index in [1.807, 2.05) is 6.92 Å². The lowest BCUT2D eigenvalue weighted by atomic mass is 10.1. The summed E-state index contributed by atoms with van der Waals surface area (Å²) in [7, 11) is 0. The van der Waals surface area contributed by atoms with E-state index in [4.69, 9.17) is 0 Å². The van der Waals surface area contributed by atoms with Crippen LogP contribution in [0.3, 0.4) is 0 Å². The predicted octanol–water partition coefficient (Wildman–Crippen LogP) is 0.695. The van der Waals surface area contributed by atoms with Crippen LogP contribution in [0.4, 0.5) is 14.9 Å². The van der Waals surface area contributed by atoms with Crippen molar-refractivity contribution in [1.82, 2.24) is 16.0 Å². The molecule has 114 valence electrons. The van der Waals surface area contributed by atoms with Crippen LogP contribution in [0.25, 0.3) is 0 Å². The third-order valence-electron chi connectivity index (χ3n) is 3.20. The number of nitrogens with one attached hydrogen (secondary N) is 3. The molecule has 21 heavy (non-hydrogen) atoms. The summed E-state index contributed by atoms with van der Waals surface area (Å²) in [4.78, 5) is 25.1. The highest BCUT2D eigenvalue weighted by Crippen LogP contribution is 2.20. The number of nitrogens with zero attached hydrogens (tertiary/aromatic N) is 1. The zero-order chi connectivity index (χ0) is 15.2. The Labute approximate surface area is 122 Å². The van der Waals surface area contributed by atoms with Gasteiger partial charge in [-0.25, -0.2) is 9.18 Å². The molecule has 0 unspecified atom stereocenters. The molecule has 1 aromatic rings. The van der Waals surface area contributed by atoms with Crippen LogP contribution in [-0.2, 0) is 0 Å². The minimum atomic E-state index is -0.598. The van der Waals surface area contributed by atoms with Gasteiger partial charge in [0.2, 0.25) is 0 Å². The Bertz CT molecular complexity index is 536. The van der Waals surface area contributed by atoms with Crippen molar-refractivity contribution in [2.24, 2.45) is 0 Å². The Hall–Kier alpha value is -2.15. The van der Waals surface area contributed by atoms with Gasteiger partial charge < -0.3 is 16.0 Å².